The van der Waals surface area contributed by atoms with Crippen molar-refractivity contribution in [3.05, 3.63) is 71.3 Å². The fourth-order valence-corrected chi connectivity index (χ4v) is 4.05. The van der Waals surface area contributed by atoms with E-state index in [1.807, 2.05) is 49.4 Å². The van der Waals surface area contributed by atoms with Crippen LogP contribution in [0.15, 0.2) is 54.6 Å². The molecule has 1 heterocycles. The predicted molar refractivity (Wildman–Crippen MR) is 101 cm³/mol. The van der Waals surface area contributed by atoms with E-state index in [9.17, 15) is 4.79 Å². The number of aryl methyl sites for hydroxylation is 2. The van der Waals surface area contributed by atoms with E-state index in [2.05, 4.69) is 29.4 Å². The molecule has 0 fully saturated rings. The molecule has 0 saturated carbocycles. The molecule has 4 rings (SSSR count). The van der Waals surface area contributed by atoms with Gasteiger partial charge in [0.05, 0.1) is 10.2 Å². The maximum absolute atomic E-state index is 12.7. The Morgan fingerprint density at radius 1 is 1.04 bits per heavy atom. The summed E-state index contributed by atoms with van der Waals surface area (Å²) in [5.74, 6) is -0.125. The third-order valence-electron chi connectivity index (χ3n) is 4.08. The topological polar surface area (TPSA) is 42.0 Å². The van der Waals surface area contributed by atoms with Crippen molar-refractivity contribution < 1.29 is 4.79 Å². The van der Waals surface area contributed by atoms with Gasteiger partial charge in [-0.15, -0.1) is 0 Å². The van der Waals surface area contributed by atoms with Crippen LogP contribution >= 0.6 is 11.3 Å². The Morgan fingerprint density at radius 3 is 2.71 bits per heavy atom. The van der Waals surface area contributed by atoms with Crippen LogP contribution in [-0.4, -0.2) is 10.9 Å². The average molecular weight is 332 g/mol. The van der Waals surface area contributed by atoms with Crippen LogP contribution in [0, 0.1) is 13.8 Å². The molecule has 0 atom stereocenters. The first-order chi connectivity index (χ1) is 11.6. The summed E-state index contributed by atoms with van der Waals surface area (Å²) in [6.07, 6.45) is 0. The number of thiazole rings is 1. The minimum Gasteiger partial charge on any atom is -0.298 e. The van der Waals surface area contributed by atoms with Gasteiger partial charge in [-0.25, -0.2) is 4.98 Å². The fourth-order valence-electron chi connectivity index (χ4n) is 3.01. The number of hydrogen-bond donors (Lipinski definition) is 1. The van der Waals surface area contributed by atoms with E-state index in [1.54, 1.807) is 0 Å². The molecule has 0 aliphatic rings. The maximum atomic E-state index is 12.7. The molecule has 0 radical (unpaired) electrons. The van der Waals surface area contributed by atoms with Crippen LogP contribution in [0.3, 0.4) is 0 Å². The highest BCUT2D eigenvalue weighted by Crippen LogP contribution is 2.30. The highest BCUT2D eigenvalue weighted by molar-refractivity contribution is 7.22. The van der Waals surface area contributed by atoms with Crippen molar-refractivity contribution in [2.75, 3.05) is 5.32 Å². The molecule has 3 nitrogen and oxygen atoms in total. The smallest absolute Gasteiger partial charge is 0.258 e. The summed E-state index contributed by atoms with van der Waals surface area (Å²) in [6, 6.07) is 17.9. The van der Waals surface area contributed by atoms with Gasteiger partial charge >= 0.3 is 0 Å². The van der Waals surface area contributed by atoms with Crippen LogP contribution in [0.2, 0.25) is 0 Å². The van der Waals surface area contributed by atoms with Gasteiger partial charge in [-0.3, -0.25) is 10.1 Å². The van der Waals surface area contributed by atoms with Gasteiger partial charge in [0.15, 0.2) is 5.13 Å². The number of benzene rings is 3. The summed E-state index contributed by atoms with van der Waals surface area (Å²) in [6.45, 7) is 4.12. The Balaban J connectivity index is 1.72. The largest absolute Gasteiger partial charge is 0.298 e. The maximum Gasteiger partial charge on any atom is 0.258 e. The molecule has 1 aromatic heterocycles. The molecule has 0 spiro atoms. The molecule has 4 heteroatoms. The summed E-state index contributed by atoms with van der Waals surface area (Å²) < 4.78 is 1.10. The van der Waals surface area contributed by atoms with Gasteiger partial charge in [0, 0.05) is 5.56 Å². The van der Waals surface area contributed by atoms with Gasteiger partial charge in [0.2, 0.25) is 0 Å². The van der Waals surface area contributed by atoms with Crippen LogP contribution in [0.5, 0.6) is 0 Å². The molecule has 0 aliphatic heterocycles. The number of nitrogens with one attached hydrogen (secondary N) is 1. The Kier molecular flexibility index (Phi) is 3.54. The van der Waals surface area contributed by atoms with E-state index in [1.165, 1.54) is 16.9 Å². The number of carbonyl (C=O) groups is 1. The second-order valence-corrected chi connectivity index (χ2v) is 6.96. The fraction of sp³-hybridized carbons (Fsp3) is 0.100. The molecule has 3 aromatic carbocycles. The number of fused-ring (bicyclic) bond motifs is 2. The molecular weight excluding hydrogens is 316 g/mol. The summed E-state index contributed by atoms with van der Waals surface area (Å²) >= 11 is 1.51. The van der Waals surface area contributed by atoms with Crippen molar-refractivity contribution in [1.29, 1.82) is 0 Å². The van der Waals surface area contributed by atoms with Crippen molar-refractivity contribution in [2.45, 2.75) is 13.8 Å². The number of aromatic nitrogens is 1. The second-order valence-electron chi connectivity index (χ2n) is 5.93. The lowest BCUT2D eigenvalue weighted by Gasteiger charge is -2.05. The predicted octanol–water partition coefficient (Wildman–Crippen LogP) is 5.32. The van der Waals surface area contributed by atoms with E-state index >= 15 is 0 Å². The van der Waals surface area contributed by atoms with Gasteiger partial charge in [0.1, 0.15) is 0 Å². The molecule has 1 amide bonds. The summed E-state index contributed by atoms with van der Waals surface area (Å²) in [7, 11) is 0. The van der Waals surface area contributed by atoms with Gasteiger partial charge in [0.25, 0.3) is 5.91 Å². The lowest BCUT2D eigenvalue weighted by Crippen LogP contribution is -2.12. The second kappa shape index (κ2) is 5.73. The molecule has 0 saturated heterocycles. The van der Waals surface area contributed by atoms with Crippen molar-refractivity contribution >= 4 is 43.4 Å². The molecule has 0 bridgehead atoms. The first-order valence-electron chi connectivity index (χ1n) is 7.79. The first-order valence-corrected chi connectivity index (χ1v) is 8.60. The lowest BCUT2D eigenvalue weighted by molar-refractivity contribution is 0.102. The third-order valence-corrected chi connectivity index (χ3v) is 5.00. The zero-order valence-electron chi connectivity index (χ0n) is 13.5. The van der Waals surface area contributed by atoms with E-state index in [-0.39, 0.29) is 5.91 Å². The van der Waals surface area contributed by atoms with Crippen LogP contribution in [0.25, 0.3) is 21.0 Å². The SMILES string of the molecule is Cc1cc(C)c2nc(NC(=O)c3cccc4ccccc34)sc2c1. The Morgan fingerprint density at radius 2 is 1.83 bits per heavy atom. The summed E-state index contributed by atoms with van der Waals surface area (Å²) in [5, 5.41) is 5.60. The standard InChI is InChI=1S/C20H16N2OS/c1-12-10-13(2)18-17(11-12)24-20(21-18)22-19(23)16-9-5-7-14-6-3-4-8-15(14)16/h3-11H,1-2H3,(H,21,22,23). The number of nitrogens with zero attached hydrogens (tertiary/aromatic N) is 1. The van der Waals surface area contributed by atoms with E-state index in [4.69, 9.17) is 0 Å². The monoisotopic (exact) mass is 332 g/mol. The van der Waals surface area contributed by atoms with Gasteiger partial charge in [-0.1, -0.05) is 53.8 Å². The Bertz CT molecular complexity index is 1080. The van der Waals surface area contributed by atoms with E-state index in [0.29, 0.717) is 10.7 Å². The van der Waals surface area contributed by atoms with Gasteiger partial charge in [-0.2, -0.15) is 0 Å². The van der Waals surface area contributed by atoms with Crippen LogP contribution in [0.1, 0.15) is 21.5 Å². The highest BCUT2D eigenvalue weighted by Gasteiger charge is 2.13. The molecule has 0 aliphatic carbocycles. The summed E-state index contributed by atoms with van der Waals surface area (Å²) in [4.78, 5) is 17.3. The number of hydrogen-bond acceptors (Lipinski definition) is 3. The number of rotatable bonds is 2. The van der Waals surface area contributed by atoms with Crippen molar-refractivity contribution in [3.8, 4) is 0 Å². The van der Waals surface area contributed by atoms with Gasteiger partial charge in [-0.05, 0) is 47.9 Å². The van der Waals surface area contributed by atoms with Crippen LogP contribution < -0.4 is 5.32 Å². The van der Waals surface area contributed by atoms with Crippen molar-refractivity contribution in [1.82, 2.24) is 4.98 Å². The van der Waals surface area contributed by atoms with Gasteiger partial charge < -0.3 is 0 Å². The highest BCUT2D eigenvalue weighted by atomic mass is 32.1. The molecule has 118 valence electrons. The minimum atomic E-state index is -0.125. The van der Waals surface area contributed by atoms with Crippen LogP contribution in [-0.2, 0) is 0 Å². The zero-order chi connectivity index (χ0) is 16.7. The van der Waals surface area contributed by atoms with E-state index < -0.39 is 0 Å². The summed E-state index contributed by atoms with van der Waals surface area (Å²) in [5.41, 5.74) is 3.96. The normalized spacial score (nSPS) is 11.1. The Hall–Kier alpha value is -2.72. The first kappa shape index (κ1) is 14.8. The Labute approximate surface area is 144 Å². The van der Waals surface area contributed by atoms with Crippen molar-refractivity contribution in [3.63, 3.8) is 0 Å². The number of carbonyl (C=O) groups excluding carboxylic acids is 1. The lowest BCUT2D eigenvalue weighted by atomic mass is 10.0. The molecule has 24 heavy (non-hydrogen) atoms. The quantitative estimate of drug-likeness (QED) is 0.540. The molecule has 4 aromatic rings. The zero-order valence-corrected chi connectivity index (χ0v) is 14.3. The number of anilines is 1. The third kappa shape index (κ3) is 2.55. The molecule has 0 unspecified atom stereocenters. The average Bonchev–Trinajstić information content (AvgIpc) is 2.97. The molecule has 1 N–H and O–H groups in total. The van der Waals surface area contributed by atoms with Crippen molar-refractivity contribution in [2.24, 2.45) is 0 Å². The molecular formula is C20H16N2OS. The van der Waals surface area contributed by atoms with E-state index in [0.717, 1.165) is 26.6 Å². The number of amides is 1. The van der Waals surface area contributed by atoms with Crippen LogP contribution in [0.4, 0.5) is 5.13 Å². The minimum absolute atomic E-state index is 0.125.